The molecular weight excluding hydrogens is 344 g/mol. The monoisotopic (exact) mass is 364 g/mol. The van der Waals surface area contributed by atoms with Crippen molar-refractivity contribution < 1.29 is 14.3 Å². The molecule has 0 radical (unpaired) electrons. The summed E-state index contributed by atoms with van der Waals surface area (Å²) in [7, 11) is 3.09. The molecule has 0 saturated heterocycles. The third-order valence-electron chi connectivity index (χ3n) is 4.00. The van der Waals surface area contributed by atoms with Gasteiger partial charge in [-0.05, 0) is 32.4 Å². The Bertz CT molecular complexity index is 884. The Hall–Kier alpha value is -2.26. The van der Waals surface area contributed by atoms with Crippen molar-refractivity contribution in [2.45, 2.75) is 32.4 Å². The van der Waals surface area contributed by atoms with Crippen LogP contribution in [0, 0.1) is 6.92 Å². The fraction of sp³-hybridized carbons (Fsp3) is 0.500. The number of carbonyl (C=O) groups is 2. The topological polar surface area (TPSA) is 104 Å². The van der Waals surface area contributed by atoms with Gasteiger partial charge in [0.05, 0.1) is 25.6 Å². The first-order valence-corrected chi connectivity index (χ1v) is 8.79. The minimum Gasteiger partial charge on any atom is -0.465 e. The summed E-state index contributed by atoms with van der Waals surface area (Å²) in [4.78, 5) is 45.8. The number of ether oxygens (including phenoxy) is 1. The number of amides is 1. The van der Waals surface area contributed by atoms with Crippen molar-refractivity contribution in [3.8, 4) is 0 Å². The predicted octanol–water partition coefficient (Wildman–Crippen LogP) is 0.790. The van der Waals surface area contributed by atoms with Crippen molar-refractivity contribution >= 4 is 33.4 Å². The van der Waals surface area contributed by atoms with Gasteiger partial charge in [-0.2, -0.15) is 0 Å². The summed E-state index contributed by atoms with van der Waals surface area (Å²) in [6.07, 6.45) is 2.09. The van der Waals surface area contributed by atoms with E-state index in [2.05, 4.69) is 15.3 Å². The second-order valence-electron chi connectivity index (χ2n) is 6.25. The van der Waals surface area contributed by atoms with Crippen molar-refractivity contribution in [3.05, 3.63) is 26.6 Å². The SMILES string of the molecule is COC(=O)c1sc2nc(CN(C)CC(=O)NC3CC3)[nH]c(=O)c2c1C. The first-order valence-electron chi connectivity index (χ1n) is 7.97. The zero-order valence-corrected chi connectivity index (χ0v) is 15.2. The minimum atomic E-state index is -0.477. The number of nitrogens with one attached hydrogen (secondary N) is 2. The Morgan fingerprint density at radius 1 is 1.44 bits per heavy atom. The van der Waals surface area contributed by atoms with Crippen LogP contribution in [0.1, 0.15) is 33.9 Å². The number of likely N-dealkylation sites (N-methyl/N-ethyl adjacent to an activating group) is 1. The van der Waals surface area contributed by atoms with Gasteiger partial charge in [0.15, 0.2) is 0 Å². The highest BCUT2D eigenvalue weighted by atomic mass is 32.1. The summed E-state index contributed by atoms with van der Waals surface area (Å²) in [6, 6.07) is 0.320. The largest absolute Gasteiger partial charge is 0.465 e. The van der Waals surface area contributed by atoms with E-state index in [4.69, 9.17) is 4.74 Å². The Labute approximate surface area is 148 Å². The second-order valence-corrected chi connectivity index (χ2v) is 7.25. The number of esters is 1. The van der Waals surface area contributed by atoms with Crippen LogP contribution in [0.5, 0.6) is 0 Å². The number of H-pyrrole nitrogens is 1. The number of nitrogens with zero attached hydrogens (tertiary/aromatic N) is 2. The smallest absolute Gasteiger partial charge is 0.348 e. The van der Waals surface area contributed by atoms with E-state index >= 15 is 0 Å². The molecule has 0 spiro atoms. The first-order chi connectivity index (χ1) is 11.9. The van der Waals surface area contributed by atoms with Crippen LogP contribution in [0.15, 0.2) is 4.79 Å². The quantitative estimate of drug-likeness (QED) is 0.735. The summed E-state index contributed by atoms with van der Waals surface area (Å²) >= 11 is 1.14. The molecule has 1 fully saturated rings. The van der Waals surface area contributed by atoms with Crippen LogP contribution in [-0.4, -0.2) is 53.5 Å². The van der Waals surface area contributed by atoms with E-state index < -0.39 is 5.97 Å². The van der Waals surface area contributed by atoms with Crippen LogP contribution < -0.4 is 10.9 Å². The van der Waals surface area contributed by atoms with Crippen LogP contribution >= 0.6 is 11.3 Å². The summed E-state index contributed by atoms with van der Waals surface area (Å²) in [5.74, 6) is -0.0550. The summed E-state index contributed by atoms with van der Waals surface area (Å²) < 4.78 is 4.74. The van der Waals surface area contributed by atoms with Crippen molar-refractivity contribution in [1.82, 2.24) is 20.2 Å². The van der Waals surface area contributed by atoms with E-state index in [9.17, 15) is 14.4 Å². The minimum absolute atomic E-state index is 0.0339. The van der Waals surface area contributed by atoms with Gasteiger partial charge < -0.3 is 15.0 Å². The van der Waals surface area contributed by atoms with Gasteiger partial charge in [0.2, 0.25) is 5.91 Å². The van der Waals surface area contributed by atoms with Gasteiger partial charge in [0, 0.05) is 6.04 Å². The van der Waals surface area contributed by atoms with Gasteiger partial charge in [-0.3, -0.25) is 14.5 Å². The fourth-order valence-electron chi connectivity index (χ4n) is 2.61. The van der Waals surface area contributed by atoms with Crippen molar-refractivity contribution in [3.63, 3.8) is 0 Å². The molecule has 2 N–H and O–H groups in total. The molecule has 0 atom stereocenters. The average molecular weight is 364 g/mol. The molecule has 2 heterocycles. The number of rotatable bonds is 6. The Balaban J connectivity index is 1.79. The summed E-state index contributed by atoms with van der Waals surface area (Å²) in [5.41, 5.74) is 0.282. The average Bonchev–Trinajstić information content (AvgIpc) is 3.28. The third-order valence-corrected chi connectivity index (χ3v) is 5.16. The maximum absolute atomic E-state index is 12.4. The molecule has 0 aromatic carbocycles. The van der Waals surface area contributed by atoms with Gasteiger partial charge in [-0.15, -0.1) is 11.3 Å². The molecule has 9 heteroatoms. The predicted molar refractivity (Wildman–Crippen MR) is 93.8 cm³/mol. The molecule has 0 bridgehead atoms. The normalized spacial score (nSPS) is 14.1. The zero-order valence-electron chi connectivity index (χ0n) is 14.3. The summed E-state index contributed by atoms with van der Waals surface area (Å²) in [6.45, 7) is 2.26. The number of aromatic amines is 1. The lowest BCUT2D eigenvalue weighted by atomic mass is 10.2. The number of methoxy groups -OCH3 is 1. The number of aryl methyl sites for hydroxylation is 1. The lowest BCUT2D eigenvalue weighted by Gasteiger charge is -2.15. The highest BCUT2D eigenvalue weighted by Crippen LogP contribution is 2.27. The molecule has 2 aromatic heterocycles. The van der Waals surface area contributed by atoms with Crippen LogP contribution in [0.2, 0.25) is 0 Å². The van der Waals surface area contributed by atoms with Gasteiger partial charge >= 0.3 is 5.97 Å². The second kappa shape index (κ2) is 6.93. The van der Waals surface area contributed by atoms with E-state index in [1.165, 1.54) is 7.11 Å². The molecule has 25 heavy (non-hydrogen) atoms. The highest BCUT2D eigenvalue weighted by Gasteiger charge is 2.24. The molecule has 1 amide bonds. The number of fused-ring (bicyclic) bond motifs is 1. The number of thiophene rings is 1. The Morgan fingerprint density at radius 3 is 2.80 bits per heavy atom. The lowest BCUT2D eigenvalue weighted by molar-refractivity contribution is -0.122. The molecule has 1 saturated carbocycles. The molecule has 134 valence electrons. The summed E-state index contributed by atoms with van der Waals surface area (Å²) in [5, 5.41) is 3.32. The van der Waals surface area contributed by atoms with E-state index in [-0.39, 0.29) is 18.0 Å². The zero-order chi connectivity index (χ0) is 18.1. The lowest BCUT2D eigenvalue weighted by Crippen LogP contribution is -2.36. The van der Waals surface area contributed by atoms with Crippen molar-refractivity contribution in [2.24, 2.45) is 0 Å². The van der Waals surface area contributed by atoms with Crippen LogP contribution in [0.4, 0.5) is 0 Å². The van der Waals surface area contributed by atoms with E-state index in [1.54, 1.807) is 18.9 Å². The maximum Gasteiger partial charge on any atom is 0.348 e. The molecule has 0 aliphatic heterocycles. The van der Waals surface area contributed by atoms with Crippen LogP contribution in [0.3, 0.4) is 0 Å². The number of carbonyl (C=O) groups excluding carboxylic acids is 2. The van der Waals surface area contributed by atoms with Crippen LogP contribution in [-0.2, 0) is 16.1 Å². The molecular formula is C16H20N4O4S. The van der Waals surface area contributed by atoms with E-state index in [1.807, 2.05) is 0 Å². The number of aromatic nitrogens is 2. The standard InChI is InChI=1S/C16H20N4O4S/c1-8-12-14(22)18-10(19-15(12)25-13(8)16(23)24-3)6-20(2)7-11(21)17-9-4-5-9/h9H,4-7H2,1-3H3,(H,17,21)(H,18,19,22). The maximum atomic E-state index is 12.4. The third kappa shape index (κ3) is 3.88. The van der Waals surface area contributed by atoms with Gasteiger partial charge in [0.1, 0.15) is 15.5 Å². The highest BCUT2D eigenvalue weighted by molar-refractivity contribution is 7.20. The number of hydrogen-bond donors (Lipinski definition) is 2. The molecule has 2 aromatic rings. The van der Waals surface area contributed by atoms with Gasteiger partial charge in [-0.25, -0.2) is 9.78 Å². The molecule has 0 unspecified atom stereocenters. The molecule has 1 aliphatic carbocycles. The van der Waals surface area contributed by atoms with Crippen molar-refractivity contribution in [2.75, 3.05) is 20.7 Å². The number of hydrogen-bond acceptors (Lipinski definition) is 7. The van der Waals surface area contributed by atoms with E-state index in [0.29, 0.717) is 39.1 Å². The molecule has 1 aliphatic rings. The first kappa shape index (κ1) is 17.6. The van der Waals surface area contributed by atoms with Crippen LogP contribution in [0.25, 0.3) is 10.2 Å². The fourth-order valence-corrected chi connectivity index (χ4v) is 3.73. The van der Waals surface area contributed by atoms with Gasteiger partial charge in [-0.1, -0.05) is 0 Å². The molecule has 8 nitrogen and oxygen atoms in total. The van der Waals surface area contributed by atoms with Crippen molar-refractivity contribution in [1.29, 1.82) is 0 Å². The van der Waals surface area contributed by atoms with Gasteiger partial charge in [0.25, 0.3) is 5.56 Å². The van der Waals surface area contributed by atoms with E-state index in [0.717, 1.165) is 24.2 Å². The Kier molecular flexibility index (Phi) is 4.87. The molecule has 3 rings (SSSR count). The Morgan fingerprint density at radius 2 is 2.16 bits per heavy atom.